The molecule has 2 heterocycles. The number of carbonyl (C=O) groups excluding carboxylic acids is 11. The molecule has 408 valence electrons. The van der Waals surface area contributed by atoms with Crippen molar-refractivity contribution in [2.45, 2.75) is 180 Å². The van der Waals surface area contributed by atoms with E-state index in [2.05, 4.69) is 16.0 Å². The number of amides is 4. The highest BCUT2D eigenvalue weighted by atomic mass is 32.2. The van der Waals surface area contributed by atoms with Crippen molar-refractivity contribution in [1.29, 1.82) is 0 Å². The van der Waals surface area contributed by atoms with Crippen LogP contribution < -0.4 is 21.7 Å². The van der Waals surface area contributed by atoms with Crippen molar-refractivity contribution in [2.75, 3.05) is 24.1 Å². The molecule has 2 saturated heterocycles. The predicted octanol–water partition coefficient (Wildman–Crippen LogP) is -0.831. The Hall–Kier alpha value is -5.49. The van der Waals surface area contributed by atoms with Crippen LogP contribution in [0.25, 0.3) is 0 Å². The summed E-state index contributed by atoms with van der Waals surface area (Å²) in [7, 11) is 0. The molecule has 29 heteroatoms. The summed E-state index contributed by atoms with van der Waals surface area (Å²) >= 11 is 2.14. The number of thioether (sulfide) groups is 2. The molecule has 0 radical (unpaired) electrons. The summed E-state index contributed by atoms with van der Waals surface area (Å²) in [6.45, 7) is 13.3. The van der Waals surface area contributed by atoms with Gasteiger partial charge in [0.2, 0.25) is 17.7 Å². The maximum atomic E-state index is 13.4. The van der Waals surface area contributed by atoms with Gasteiger partial charge in [-0.3, -0.25) is 47.9 Å². The number of ether oxygens (including phenoxy) is 11. The molecule has 2 aliphatic heterocycles. The van der Waals surface area contributed by atoms with Crippen molar-refractivity contribution < 1.29 is 110 Å². The normalized spacial score (nSPS) is 25.5. The quantitative estimate of drug-likeness (QED) is 0.0341. The van der Waals surface area contributed by atoms with Gasteiger partial charge in [0.25, 0.3) is 0 Å². The molecule has 2 fully saturated rings. The number of nitrogens with two attached hydrogens (primary N) is 1. The second-order valence-corrected chi connectivity index (χ2v) is 19.8. The van der Waals surface area contributed by atoms with Crippen LogP contribution in [0.3, 0.4) is 0 Å². The average Bonchev–Trinajstić information content (AvgIpc) is 3.22. The van der Waals surface area contributed by atoms with Gasteiger partial charge >= 0.3 is 47.9 Å². The summed E-state index contributed by atoms with van der Waals surface area (Å²) in [6, 6.07) is -4.12. The summed E-state index contributed by atoms with van der Waals surface area (Å²) < 4.78 is 62.4. The molecule has 0 saturated carbocycles. The molecule has 72 heavy (non-hydrogen) atoms. The van der Waals surface area contributed by atoms with Gasteiger partial charge in [-0.2, -0.15) is 11.8 Å². The van der Waals surface area contributed by atoms with E-state index in [0.29, 0.717) is 0 Å². The molecule has 0 bridgehead atoms. The van der Waals surface area contributed by atoms with E-state index in [1.807, 2.05) is 0 Å². The van der Waals surface area contributed by atoms with Crippen molar-refractivity contribution >= 4 is 89.1 Å². The number of alkyl carbamates (subject to hydrolysis) is 1. The summed E-state index contributed by atoms with van der Waals surface area (Å²) in [5, 5.41) is 17.6. The standard InChI is InChI=1S/C43H66N4O23S2/c1-18(37(44)56)45-38(57)27(46-39(58)30(19(2)48)47-42(59)70-43(10,11)12)13-14-71-17-72-41-36(66-26(9)55)34(64-24(7)53)32(29(68-41)16-61-21(4)50)69-40-35(65-25(8)54)33(63-23(6)52)31(62-22(5)51)28(67-40)15-60-20(3)49/h18-19,27-36,40-41,48H,13-17H2,1-12H3,(H2,44,56)(H,45,57)(H,46,58)(H,47,59)/t18-,19+,27-,28+,29+,30-,31+,32+,33-,34-,35+,36+,40-,41-/m0/s1. The van der Waals surface area contributed by atoms with Crippen LogP contribution in [0.1, 0.15) is 89.5 Å². The molecule has 0 spiro atoms. The molecular weight excluding hydrogens is 1000 g/mol. The molecule has 0 aliphatic carbocycles. The Morgan fingerprint density at radius 3 is 1.56 bits per heavy atom. The van der Waals surface area contributed by atoms with E-state index in [1.54, 1.807) is 20.8 Å². The average molecular weight is 1070 g/mol. The van der Waals surface area contributed by atoms with Gasteiger partial charge in [-0.1, -0.05) is 0 Å². The first-order chi connectivity index (χ1) is 33.4. The number of hydrogen-bond acceptors (Lipinski definition) is 25. The third kappa shape index (κ3) is 21.7. The van der Waals surface area contributed by atoms with Crippen molar-refractivity contribution in [3.63, 3.8) is 0 Å². The molecule has 6 N–H and O–H groups in total. The minimum Gasteiger partial charge on any atom is -0.463 e. The summed E-state index contributed by atoms with van der Waals surface area (Å²) in [4.78, 5) is 138. The largest absolute Gasteiger partial charge is 0.463 e. The van der Waals surface area contributed by atoms with E-state index in [1.165, 1.54) is 13.8 Å². The highest BCUT2D eigenvalue weighted by Crippen LogP contribution is 2.38. The van der Waals surface area contributed by atoms with Crippen LogP contribution in [0.2, 0.25) is 0 Å². The fraction of sp³-hybridized carbons (Fsp3) is 0.744. The van der Waals surface area contributed by atoms with Crippen molar-refractivity contribution in [2.24, 2.45) is 5.73 Å². The third-order valence-electron chi connectivity index (χ3n) is 9.61. The molecule has 2 aliphatic rings. The lowest BCUT2D eigenvalue weighted by molar-refractivity contribution is -0.341. The van der Waals surface area contributed by atoms with Crippen LogP contribution in [0.15, 0.2) is 0 Å². The number of aliphatic hydroxyl groups is 1. The Bertz CT molecular complexity index is 1950. The molecule has 0 unspecified atom stereocenters. The van der Waals surface area contributed by atoms with Crippen LogP contribution in [0, 0.1) is 0 Å². The summed E-state index contributed by atoms with van der Waals surface area (Å²) in [6.07, 6.45) is -17.3. The monoisotopic (exact) mass is 1070 g/mol. The topological polar surface area (TPSA) is 372 Å². The van der Waals surface area contributed by atoms with Gasteiger partial charge in [0.15, 0.2) is 36.8 Å². The number of nitrogens with one attached hydrogen (secondary N) is 3. The Labute approximate surface area is 423 Å². The van der Waals surface area contributed by atoms with E-state index in [9.17, 15) is 57.8 Å². The summed E-state index contributed by atoms with van der Waals surface area (Å²) in [5.74, 6) is -8.85. The maximum Gasteiger partial charge on any atom is 0.408 e. The number of carbonyl (C=O) groups is 11. The smallest absolute Gasteiger partial charge is 0.408 e. The Morgan fingerprint density at radius 1 is 0.611 bits per heavy atom. The van der Waals surface area contributed by atoms with E-state index < -0.39 is 169 Å². The molecule has 27 nitrogen and oxygen atoms in total. The minimum atomic E-state index is -1.88. The zero-order valence-corrected chi connectivity index (χ0v) is 43.6. The predicted molar refractivity (Wildman–Crippen MR) is 246 cm³/mol. The van der Waals surface area contributed by atoms with Crippen LogP contribution >= 0.6 is 23.5 Å². The lowest BCUT2D eigenvalue weighted by atomic mass is 9.96. The second kappa shape index (κ2) is 29.3. The first-order valence-corrected chi connectivity index (χ1v) is 24.5. The van der Waals surface area contributed by atoms with Crippen LogP contribution in [-0.2, 0) is 100 Å². The highest BCUT2D eigenvalue weighted by molar-refractivity contribution is 8.16. The zero-order valence-electron chi connectivity index (χ0n) is 41.9. The molecule has 2 rings (SSSR count). The molecule has 0 aromatic carbocycles. The summed E-state index contributed by atoms with van der Waals surface area (Å²) in [5.41, 5.74) is 3.12. The third-order valence-corrected chi connectivity index (χ3v) is 12.1. The van der Waals surface area contributed by atoms with Gasteiger partial charge in [0.05, 0.1) is 6.10 Å². The van der Waals surface area contributed by atoms with Gasteiger partial charge in [-0.15, -0.1) is 11.8 Å². The number of hydrogen-bond donors (Lipinski definition) is 5. The van der Waals surface area contributed by atoms with E-state index in [4.69, 9.17) is 57.8 Å². The van der Waals surface area contributed by atoms with Gasteiger partial charge in [-0.05, 0) is 46.8 Å². The number of esters is 7. The van der Waals surface area contributed by atoms with Gasteiger partial charge < -0.3 is 78.9 Å². The Balaban J connectivity index is 2.55. The second-order valence-electron chi connectivity index (χ2n) is 17.2. The van der Waals surface area contributed by atoms with Crippen LogP contribution in [0.4, 0.5) is 4.79 Å². The van der Waals surface area contributed by atoms with Crippen LogP contribution in [-0.4, -0.2) is 185 Å². The van der Waals surface area contributed by atoms with E-state index >= 15 is 0 Å². The SMILES string of the molecule is CC(=O)OC[C@H]1O[C@@H](SCSCC[C@H](NC(=O)[C@@H](NC(=O)OC(C)(C)C)[C@@H](C)O)C(=O)N[C@@H](C)C(N)=O)[C@H](OC(C)=O)[C@@H](OC(C)=O)[C@@H]1O[C@@H]1O[C@H](COC(C)=O)[C@@H](OC(C)=O)[C@H](OC(C)=O)[C@H]1OC(C)=O. The fourth-order valence-corrected chi connectivity index (χ4v) is 9.15. The molecular formula is C43H66N4O23S2. The van der Waals surface area contributed by atoms with Gasteiger partial charge in [0.1, 0.15) is 60.7 Å². The highest BCUT2D eigenvalue weighted by Gasteiger charge is 2.57. The van der Waals surface area contributed by atoms with Crippen molar-refractivity contribution in [3.05, 3.63) is 0 Å². The first kappa shape index (κ1) is 62.6. The molecule has 4 amide bonds. The minimum absolute atomic E-state index is 0.0528. The number of aliphatic hydroxyl groups excluding tert-OH is 1. The fourth-order valence-electron chi connectivity index (χ4n) is 6.74. The van der Waals surface area contributed by atoms with Gasteiger partial charge in [-0.25, -0.2) is 4.79 Å². The number of rotatable bonds is 24. The lowest BCUT2D eigenvalue weighted by Gasteiger charge is -2.48. The zero-order chi connectivity index (χ0) is 54.8. The van der Waals surface area contributed by atoms with E-state index in [-0.39, 0.29) is 17.3 Å². The maximum absolute atomic E-state index is 13.4. The van der Waals surface area contributed by atoms with Gasteiger partial charge in [0, 0.05) is 53.6 Å². The van der Waals surface area contributed by atoms with Crippen molar-refractivity contribution in [3.8, 4) is 0 Å². The molecule has 0 aromatic heterocycles. The molecule has 0 aromatic rings. The molecule has 14 atom stereocenters. The van der Waals surface area contributed by atoms with Crippen molar-refractivity contribution in [1.82, 2.24) is 16.0 Å². The Kier molecular flexibility index (Phi) is 25.5. The number of primary amides is 1. The van der Waals surface area contributed by atoms with E-state index in [0.717, 1.165) is 72.0 Å². The first-order valence-electron chi connectivity index (χ1n) is 22.3. The van der Waals surface area contributed by atoms with Crippen LogP contribution in [0.5, 0.6) is 0 Å². The Morgan fingerprint density at radius 2 is 1.08 bits per heavy atom. The lowest BCUT2D eigenvalue weighted by Crippen LogP contribution is -2.66.